The van der Waals surface area contributed by atoms with Crippen LogP contribution in [0.1, 0.15) is 68.6 Å². The van der Waals surface area contributed by atoms with E-state index in [-0.39, 0.29) is 6.10 Å². The smallest absolute Gasteiger partial charge is 0.243 e. The molecule has 29 heavy (non-hydrogen) atoms. The summed E-state index contributed by atoms with van der Waals surface area (Å²) in [6.45, 7) is 5.68. The van der Waals surface area contributed by atoms with Gasteiger partial charge in [0.2, 0.25) is 15.9 Å². The zero-order valence-electron chi connectivity index (χ0n) is 17.1. The molecule has 1 saturated carbocycles. The van der Waals surface area contributed by atoms with Crippen molar-refractivity contribution in [2.24, 2.45) is 0 Å². The van der Waals surface area contributed by atoms with E-state index in [1.165, 1.54) is 0 Å². The average molecular weight is 420 g/mol. The summed E-state index contributed by atoms with van der Waals surface area (Å²) in [5.74, 6) is 2.29. The number of sulfonamides is 1. The summed E-state index contributed by atoms with van der Waals surface area (Å²) < 4.78 is 38.5. The maximum Gasteiger partial charge on any atom is 0.243 e. The van der Waals surface area contributed by atoms with Gasteiger partial charge in [-0.2, -0.15) is 9.29 Å². The molecule has 0 radical (unpaired) electrons. The molecule has 0 atom stereocenters. The van der Waals surface area contributed by atoms with Crippen LogP contribution < -0.4 is 0 Å². The molecule has 2 heterocycles. The predicted octanol–water partition coefficient (Wildman–Crippen LogP) is 3.48. The average Bonchev–Trinajstić information content (AvgIpc) is 3.47. The fourth-order valence-corrected chi connectivity index (χ4v) is 5.06. The number of ether oxygens (including phenoxy) is 1. The third-order valence-electron chi connectivity index (χ3n) is 5.68. The second-order valence-corrected chi connectivity index (χ2v) is 10.2. The molecule has 1 aromatic carbocycles. The van der Waals surface area contributed by atoms with Gasteiger partial charge in [-0.05, 0) is 49.3 Å². The van der Waals surface area contributed by atoms with Crippen molar-refractivity contribution in [3.05, 3.63) is 41.5 Å². The number of hydrogen-bond acceptors (Lipinski definition) is 6. The van der Waals surface area contributed by atoms with Crippen molar-refractivity contribution in [2.45, 2.75) is 68.8 Å². The van der Waals surface area contributed by atoms with Crippen LogP contribution in [0.2, 0.25) is 0 Å². The molecular weight excluding hydrogens is 390 g/mol. The summed E-state index contributed by atoms with van der Waals surface area (Å²) >= 11 is 0. The van der Waals surface area contributed by atoms with Crippen molar-refractivity contribution in [2.75, 3.05) is 19.7 Å². The van der Waals surface area contributed by atoms with Crippen molar-refractivity contribution in [1.82, 2.24) is 14.4 Å². The topological polar surface area (TPSA) is 85.5 Å². The highest BCUT2D eigenvalue weighted by atomic mass is 32.2. The van der Waals surface area contributed by atoms with Crippen molar-refractivity contribution in [1.29, 1.82) is 0 Å². The highest BCUT2D eigenvalue weighted by molar-refractivity contribution is 7.89. The number of aromatic nitrogens is 2. The second-order valence-electron chi connectivity index (χ2n) is 8.27. The van der Waals surface area contributed by atoms with Crippen LogP contribution in [0.15, 0.2) is 33.7 Å². The standard InChI is InChI=1S/C21H29N3O4S/c1-15(2)16-5-7-19(8-6-16)29(25,26)24-12-9-18(10-13-24)27-14-11-20-22-21(28-23-20)17-3-4-17/h5-8,15,17-18H,3-4,9-14H2,1-2H3. The Morgan fingerprint density at radius 2 is 1.83 bits per heavy atom. The lowest BCUT2D eigenvalue weighted by Gasteiger charge is -2.31. The Kier molecular flexibility index (Phi) is 6.03. The molecule has 0 N–H and O–H groups in total. The summed E-state index contributed by atoms with van der Waals surface area (Å²) in [6.07, 6.45) is 4.37. The molecule has 158 valence electrons. The number of nitrogens with zero attached hydrogens (tertiary/aromatic N) is 3. The Hall–Kier alpha value is -1.77. The Labute approximate surface area is 172 Å². The third kappa shape index (κ3) is 4.87. The molecular formula is C21H29N3O4S. The molecule has 1 saturated heterocycles. The van der Waals surface area contributed by atoms with E-state index in [0.29, 0.717) is 61.5 Å². The minimum Gasteiger partial charge on any atom is -0.378 e. The van der Waals surface area contributed by atoms with E-state index in [1.54, 1.807) is 16.4 Å². The molecule has 7 nitrogen and oxygen atoms in total. The lowest BCUT2D eigenvalue weighted by Crippen LogP contribution is -2.41. The molecule has 0 unspecified atom stereocenters. The van der Waals surface area contributed by atoms with Gasteiger partial charge in [-0.1, -0.05) is 31.1 Å². The first-order chi connectivity index (χ1) is 13.9. The summed E-state index contributed by atoms with van der Waals surface area (Å²) in [6, 6.07) is 7.24. The van der Waals surface area contributed by atoms with Crippen LogP contribution in [0.25, 0.3) is 0 Å². The van der Waals surface area contributed by atoms with Gasteiger partial charge < -0.3 is 9.26 Å². The van der Waals surface area contributed by atoms with Crippen LogP contribution in [-0.4, -0.2) is 48.7 Å². The minimum absolute atomic E-state index is 0.0690. The summed E-state index contributed by atoms with van der Waals surface area (Å²) in [5, 5.41) is 4.00. The lowest BCUT2D eigenvalue weighted by molar-refractivity contribution is 0.0222. The SMILES string of the molecule is CC(C)c1ccc(S(=O)(=O)N2CCC(OCCc3noc(C4CC4)n3)CC2)cc1. The van der Waals surface area contributed by atoms with Gasteiger partial charge >= 0.3 is 0 Å². The van der Waals surface area contributed by atoms with E-state index in [0.717, 1.165) is 24.3 Å². The first kappa shape index (κ1) is 20.5. The van der Waals surface area contributed by atoms with Crippen LogP contribution in [0.3, 0.4) is 0 Å². The van der Waals surface area contributed by atoms with Gasteiger partial charge in [0, 0.05) is 25.4 Å². The van der Waals surface area contributed by atoms with E-state index < -0.39 is 10.0 Å². The minimum atomic E-state index is -3.45. The molecule has 8 heteroatoms. The molecule has 4 rings (SSSR count). The molecule has 0 amide bonds. The fraction of sp³-hybridized carbons (Fsp3) is 0.619. The van der Waals surface area contributed by atoms with Gasteiger partial charge in [0.1, 0.15) is 0 Å². The zero-order chi connectivity index (χ0) is 20.4. The normalized spacial score (nSPS) is 19.1. The van der Waals surface area contributed by atoms with Gasteiger partial charge in [0.25, 0.3) is 0 Å². The molecule has 0 bridgehead atoms. The molecule has 0 spiro atoms. The van der Waals surface area contributed by atoms with Gasteiger partial charge in [-0.3, -0.25) is 0 Å². The lowest BCUT2D eigenvalue weighted by atomic mass is 10.0. The Morgan fingerprint density at radius 3 is 2.45 bits per heavy atom. The summed E-state index contributed by atoms with van der Waals surface area (Å²) in [4.78, 5) is 4.77. The molecule has 1 aromatic heterocycles. The van der Waals surface area contributed by atoms with Crippen molar-refractivity contribution < 1.29 is 17.7 Å². The van der Waals surface area contributed by atoms with Crippen LogP contribution in [0.4, 0.5) is 0 Å². The quantitative estimate of drug-likeness (QED) is 0.651. The number of rotatable bonds is 8. The van der Waals surface area contributed by atoms with Crippen LogP contribution in [0.5, 0.6) is 0 Å². The van der Waals surface area contributed by atoms with E-state index in [1.807, 2.05) is 12.1 Å². The number of hydrogen-bond donors (Lipinski definition) is 0. The monoisotopic (exact) mass is 419 g/mol. The van der Waals surface area contributed by atoms with E-state index in [4.69, 9.17) is 9.26 Å². The Bertz CT molecular complexity index is 912. The van der Waals surface area contributed by atoms with Crippen molar-refractivity contribution >= 4 is 10.0 Å². The van der Waals surface area contributed by atoms with E-state index in [2.05, 4.69) is 24.0 Å². The van der Waals surface area contributed by atoms with Crippen LogP contribution in [0, 0.1) is 0 Å². The summed E-state index contributed by atoms with van der Waals surface area (Å²) in [5.41, 5.74) is 1.14. The van der Waals surface area contributed by atoms with E-state index >= 15 is 0 Å². The van der Waals surface area contributed by atoms with Gasteiger partial charge in [0.05, 0.1) is 17.6 Å². The third-order valence-corrected chi connectivity index (χ3v) is 7.59. The van der Waals surface area contributed by atoms with E-state index in [9.17, 15) is 8.42 Å². The Balaban J connectivity index is 1.24. The van der Waals surface area contributed by atoms with Gasteiger partial charge in [0.15, 0.2) is 5.82 Å². The molecule has 1 aliphatic carbocycles. The Morgan fingerprint density at radius 1 is 1.14 bits per heavy atom. The van der Waals surface area contributed by atoms with Gasteiger partial charge in [-0.25, -0.2) is 8.42 Å². The van der Waals surface area contributed by atoms with Crippen LogP contribution in [-0.2, 0) is 21.2 Å². The van der Waals surface area contributed by atoms with Gasteiger partial charge in [-0.15, -0.1) is 0 Å². The first-order valence-corrected chi connectivity index (χ1v) is 11.9. The number of piperidine rings is 1. The molecule has 1 aliphatic heterocycles. The molecule has 2 aromatic rings. The summed E-state index contributed by atoms with van der Waals surface area (Å²) in [7, 11) is -3.45. The largest absolute Gasteiger partial charge is 0.378 e. The fourth-order valence-electron chi connectivity index (χ4n) is 3.59. The second kappa shape index (κ2) is 8.53. The van der Waals surface area contributed by atoms with Crippen molar-refractivity contribution in [3.63, 3.8) is 0 Å². The predicted molar refractivity (Wildman–Crippen MR) is 108 cm³/mol. The number of benzene rings is 1. The highest BCUT2D eigenvalue weighted by Crippen LogP contribution is 2.38. The maximum absolute atomic E-state index is 12.9. The molecule has 2 aliphatic rings. The first-order valence-electron chi connectivity index (χ1n) is 10.5. The van der Waals surface area contributed by atoms with Crippen LogP contribution >= 0.6 is 0 Å². The zero-order valence-corrected chi connectivity index (χ0v) is 17.9. The molecule has 2 fully saturated rings. The highest BCUT2D eigenvalue weighted by Gasteiger charge is 2.31. The maximum atomic E-state index is 12.9. The van der Waals surface area contributed by atoms with Crippen molar-refractivity contribution in [3.8, 4) is 0 Å².